The molecule has 350 valence electrons. The molecule has 0 aliphatic rings. The summed E-state index contributed by atoms with van der Waals surface area (Å²) in [6, 6.07) is 67.5. The van der Waals surface area contributed by atoms with Gasteiger partial charge in [-0.3, -0.25) is 9.97 Å². The maximum absolute atomic E-state index is 5.27. The summed E-state index contributed by atoms with van der Waals surface area (Å²) in [6.07, 6.45) is 10.9. The Morgan fingerprint density at radius 1 is 0.267 bits per heavy atom. The average Bonchev–Trinajstić information content (AvgIpc) is 3.49. The third kappa shape index (κ3) is 7.96. The lowest BCUT2D eigenvalue weighted by Gasteiger charge is -2.15. The van der Waals surface area contributed by atoms with Gasteiger partial charge in [0.05, 0.1) is 22.3 Å². The summed E-state index contributed by atoms with van der Waals surface area (Å²) in [5.41, 5.74) is 11.9. The first-order valence-corrected chi connectivity index (χ1v) is 24.8. The lowest BCUT2D eigenvalue weighted by atomic mass is 9.90. The predicted molar refractivity (Wildman–Crippen MR) is 302 cm³/mol. The third-order valence-electron chi connectivity index (χ3n) is 14.0. The number of nitrogens with zero attached hydrogens (tertiary/aromatic N) is 9. The zero-order chi connectivity index (χ0) is 49.8. The van der Waals surface area contributed by atoms with E-state index >= 15 is 0 Å². The van der Waals surface area contributed by atoms with E-state index in [0.717, 1.165) is 99.0 Å². The number of pyridine rings is 2. The van der Waals surface area contributed by atoms with Crippen LogP contribution in [0.3, 0.4) is 0 Å². The van der Waals surface area contributed by atoms with Crippen LogP contribution in [0.15, 0.2) is 231 Å². The topological polar surface area (TPSA) is 116 Å². The van der Waals surface area contributed by atoms with Gasteiger partial charge in [-0.1, -0.05) is 146 Å². The fraction of sp³-hybridized carbons (Fsp3) is 0.0152. The van der Waals surface area contributed by atoms with Gasteiger partial charge in [-0.15, -0.1) is 0 Å². The van der Waals surface area contributed by atoms with Gasteiger partial charge in [0.1, 0.15) is 0 Å². The summed E-state index contributed by atoms with van der Waals surface area (Å²) < 4.78 is 0. The predicted octanol–water partition coefficient (Wildman–Crippen LogP) is 15.7. The summed E-state index contributed by atoms with van der Waals surface area (Å²) >= 11 is 0. The molecule has 0 bridgehead atoms. The average molecular weight is 960 g/mol. The molecular formula is C66H41N9. The second kappa shape index (κ2) is 18.1. The van der Waals surface area contributed by atoms with Gasteiger partial charge < -0.3 is 0 Å². The van der Waals surface area contributed by atoms with E-state index in [1.54, 1.807) is 24.8 Å². The smallest absolute Gasteiger partial charge is 0.167 e. The highest BCUT2D eigenvalue weighted by Gasteiger charge is 2.20. The SMILES string of the molecule is Cc1cc(-c2ccnc(-c3cc(-c4nc(-c5cnc(-c6cccc7ccccc67)nc5)nc(-c5cnc(-c6cccc7ccccc67)nc5)n4)cc(-c4cc5ccccc5c5ccccc45)c3)c2)c2cccnc2c1. The van der Waals surface area contributed by atoms with Crippen molar-refractivity contribution in [1.82, 2.24) is 44.9 Å². The first-order chi connectivity index (χ1) is 37.0. The first-order valence-electron chi connectivity index (χ1n) is 24.8. The lowest BCUT2D eigenvalue weighted by molar-refractivity contribution is 1.05. The standard InChI is InChI=1S/C66H41N9/c1-40-29-58(55-25-12-27-67-61(55)30-40)44-26-28-68-60(35-44)46-31-45(59-34-43-15-4-7-20-52(43)53-21-8-9-22-54(53)59)32-47(33-46)62-73-63(48-36-69-65(70-37-48)56-23-10-16-41-13-2-5-18-50(41)56)75-64(74-62)49-38-71-66(72-39-49)57-24-11-17-42-14-3-6-19-51(42)57/h2-39H,1H3. The van der Waals surface area contributed by atoms with E-state index in [-0.39, 0.29) is 0 Å². The van der Waals surface area contributed by atoms with Crippen molar-refractivity contribution in [1.29, 1.82) is 0 Å². The fourth-order valence-electron chi connectivity index (χ4n) is 10.4. The Morgan fingerprint density at radius 2 is 0.773 bits per heavy atom. The summed E-state index contributed by atoms with van der Waals surface area (Å²) in [7, 11) is 0. The minimum atomic E-state index is 0.403. The van der Waals surface area contributed by atoms with Gasteiger partial charge in [0.15, 0.2) is 29.1 Å². The second-order valence-corrected chi connectivity index (χ2v) is 18.8. The van der Waals surface area contributed by atoms with Crippen molar-refractivity contribution in [3.63, 3.8) is 0 Å². The molecule has 9 heteroatoms. The van der Waals surface area contributed by atoms with Crippen LogP contribution in [-0.2, 0) is 0 Å². The molecular weight excluding hydrogens is 919 g/mol. The Labute approximate surface area is 431 Å². The largest absolute Gasteiger partial charge is 0.256 e. The van der Waals surface area contributed by atoms with E-state index in [9.17, 15) is 0 Å². The molecule has 0 aliphatic carbocycles. The number of aryl methyl sites for hydroxylation is 1. The van der Waals surface area contributed by atoms with Gasteiger partial charge in [0.25, 0.3) is 0 Å². The van der Waals surface area contributed by atoms with Crippen LogP contribution in [0.4, 0.5) is 0 Å². The Hall–Kier alpha value is -10.3. The molecule has 0 aliphatic heterocycles. The normalized spacial score (nSPS) is 11.5. The molecule has 75 heavy (non-hydrogen) atoms. The molecule has 0 unspecified atom stereocenters. The summed E-state index contributed by atoms with van der Waals surface area (Å²) in [6.45, 7) is 2.11. The van der Waals surface area contributed by atoms with Crippen LogP contribution in [-0.4, -0.2) is 44.9 Å². The molecule has 9 aromatic carbocycles. The molecule has 0 atom stereocenters. The molecule has 0 N–H and O–H groups in total. The Kier molecular flexibility index (Phi) is 10.5. The van der Waals surface area contributed by atoms with E-state index < -0.39 is 0 Å². The van der Waals surface area contributed by atoms with Crippen molar-refractivity contribution in [3.8, 4) is 90.5 Å². The minimum Gasteiger partial charge on any atom is -0.256 e. The molecule has 14 aromatic rings. The van der Waals surface area contributed by atoms with Crippen LogP contribution in [0.1, 0.15) is 5.56 Å². The number of fused-ring (bicyclic) bond motifs is 6. The van der Waals surface area contributed by atoms with Crippen LogP contribution in [0, 0.1) is 6.92 Å². The van der Waals surface area contributed by atoms with Crippen LogP contribution in [0.5, 0.6) is 0 Å². The van der Waals surface area contributed by atoms with Crippen molar-refractivity contribution < 1.29 is 0 Å². The molecule has 5 aromatic heterocycles. The molecule has 0 saturated heterocycles. The van der Waals surface area contributed by atoms with Crippen LogP contribution < -0.4 is 0 Å². The van der Waals surface area contributed by atoms with E-state index in [4.69, 9.17) is 44.9 Å². The molecule has 0 fully saturated rings. The zero-order valence-electron chi connectivity index (χ0n) is 40.5. The minimum absolute atomic E-state index is 0.403. The van der Waals surface area contributed by atoms with Gasteiger partial charge in [0, 0.05) is 64.8 Å². The number of benzene rings is 9. The fourth-order valence-corrected chi connectivity index (χ4v) is 10.4. The highest BCUT2D eigenvalue weighted by Crippen LogP contribution is 2.40. The highest BCUT2D eigenvalue weighted by molar-refractivity contribution is 6.14. The summed E-state index contributed by atoms with van der Waals surface area (Å²) in [5, 5.41) is 10.1. The Balaban J connectivity index is 0.969. The molecule has 0 spiro atoms. The van der Waals surface area contributed by atoms with Gasteiger partial charge in [0.2, 0.25) is 0 Å². The zero-order valence-corrected chi connectivity index (χ0v) is 40.5. The van der Waals surface area contributed by atoms with Crippen molar-refractivity contribution in [2.45, 2.75) is 6.92 Å². The number of aromatic nitrogens is 9. The Bertz CT molecular complexity index is 4400. The van der Waals surface area contributed by atoms with Gasteiger partial charge >= 0.3 is 0 Å². The molecule has 14 rings (SSSR count). The maximum Gasteiger partial charge on any atom is 0.167 e. The van der Waals surface area contributed by atoms with Crippen LogP contribution in [0.2, 0.25) is 0 Å². The quantitative estimate of drug-likeness (QED) is 0.137. The van der Waals surface area contributed by atoms with Crippen LogP contribution >= 0.6 is 0 Å². The Morgan fingerprint density at radius 3 is 1.43 bits per heavy atom. The van der Waals surface area contributed by atoms with Crippen molar-refractivity contribution in [2.75, 3.05) is 0 Å². The van der Waals surface area contributed by atoms with E-state index in [1.807, 2.05) is 67.0 Å². The van der Waals surface area contributed by atoms with Crippen molar-refractivity contribution in [3.05, 3.63) is 237 Å². The number of rotatable bonds is 8. The second-order valence-electron chi connectivity index (χ2n) is 18.8. The van der Waals surface area contributed by atoms with E-state index in [1.165, 1.54) is 10.8 Å². The number of hydrogen-bond acceptors (Lipinski definition) is 9. The molecule has 9 nitrogen and oxygen atoms in total. The van der Waals surface area contributed by atoms with Gasteiger partial charge in [-0.25, -0.2) is 34.9 Å². The van der Waals surface area contributed by atoms with E-state index in [2.05, 4.69) is 146 Å². The lowest BCUT2D eigenvalue weighted by Crippen LogP contribution is -2.02. The van der Waals surface area contributed by atoms with Crippen molar-refractivity contribution >= 4 is 54.0 Å². The maximum atomic E-state index is 5.27. The molecule has 5 heterocycles. The third-order valence-corrected chi connectivity index (χ3v) is 14.0. The van der Waals surface area contributed by atoms with Crippen molar-refractivity contribution in [2.24, 2.45) is 0 Å². The monoisotopic (exact) mass is 959 g/mol. The van der Waals surface area contributed by atoms with Gasteiger partial charge in [-0.05, 0) is 126 Å². The molecule has 0 radical (unpaired) electrons. The first kappa shape index (κ1) is 43.5. The number of hydrogen-bond donors (Lipinski definition) is 0. The molecule has 0 saturated carbocycles. The summed E-state index contributed by atoms with van der Waals surface area (Å²) in [4.78, 5) is 45.1. The van der Waals surface area contributed by atoms with E-state index in [0.29, 0.717) is 40.2 Å². The van der Waals surface area contributed by atoms with Crippen LogP contribution in [0.25, 0.3) is 144 Å². The molecule has 0 amide bonds. The highest BCUT2D eigenvalue weighted by atomic mass is 15.0. The summed E-state index contributed by atoms with van der Waals surface area (Å²) in [5.74, 6) is 2.46. The van der Waals surface area contributed by atoms with Gasteiger partial charge in [-0.2, -0.15) is 0 Å².